The summed E-state index contributed by atoms with van der Waals surface area (Å²) >= 11 is 0. The Morgan fingerprint density at radius 3 is 2.40 bits per heavy atom. The summed E-state index contributed by atoms with van der Waals surface area (Å²) in [6.07, 6.45) is 0. The summed E-state index contributed by atoms with van der Waals surface area (Å²) in [6, 6.07) is 11.2. The van der Waals surface area contributed by atoms with Crippen LogP contribution in [0.25, 0.3) is 22.3 Å². The van der Waals surface area contributed by atoms with Crippen LogP contribution >= 0.6 is 0 Å². The lowest BCUT2D eigenvalue weighted by Crippen LogP contribution is -2.23. The van der Waals surface area contributed by atoms with Crippen LogP contribution < -0.4 is 15.9 Å². The molecule has 0 aliphatic carbocycles. The van der Waals surface area contributed by atoms with Crippen molar-refractivity contribution in [3.8, 4) is 17.1 Å². The van der Waals surface area contributed by atoms with Gasteiger partial charge in [0, 0.05) is 5.56 Å². The number of carbonyl (C=O) groups is 1. The van der Waals surface area contributed by atoms with E-state index in [0.29, 0.717) is 22.3 Å². The summed E-state index contributed by atoms with van der Waals surface area (Å²) in [4.78, 5) is 24.1. The predicted molar refractivity (Wildman–Crippen MR) is 96.8 cm³/mol. The Labute approximate surface area is 145 Å². The minimum absolute atomic E-state index is 0.00195. The van der Waals surface area contributed by atoms with E-state index in [4.69, 9.17) is 14.9 Å². The van der Waals surface area contributed by atoms with E-state index < -0.39 is 5.91 Å². The molecule has 0 aliphatic rings. The Hall–Kier alpha value is -3.08. The summed E-state index contributed by atoms with van der Waals surface area (Å²) in [5, 5.41) is 0.445. The summed E-state index contributed by atoms with van der Waals surface area (Å²) in [5.74, 6) is -0.360. The number of nitrogens with two attached hydrogens (primary N) is 1. The fourth-order valence-corrected chi connectivity index (χ4v) is 2.84. The Morgan fingerprint density at radius 1 is 1.08 bits per heavy atom. The van der Waals surface area contributed by atoms with Crippen molar-refractivity contribution < 1.29 is 13.9 Å². The Bertz CT molecular complexity index is 1020. The van der Waals surface area contributed by atoms with Gasteiger partial charge in [0.1, 0.15) is 5.58 Å². The standard InChI is InChI=1S/C20H19NO4/c1-11-4-6-14(7-5-11)19-20(24-10-16(21)22)18(23)17-13(3)8-12(2)9-15(17)25-19/h4-9H,10H2,1-3H3,(H2,21,22). The Kier molecular flexibility index (Phi) is 4.31. The molecule has 2 aromatic carbocycles. The summed E-state index contributed by atoms with van der Waals surface area (Å²) in [6.45, 7) is 5.36. The van der Waals surface area contributed by atoms with Crippen molar-refractivity contribution in [3.05, 3.63) is 63.3 Å². The Morgan fingerprint density at radius 2 is 1.76 bits per heavy atom. The maximum absolute atomic E-state index is 13.0. The van der Waals surface area contributed by atoms with Gasteiger partial charge in [-0.2, -0.15) is 0 Å². The topological polar surface area (TPSA) is 82.5 Å². The molecule has 3 aromatic rings. The molecule has 2 N–H and O–H groups in total. The van der Waals surface area contributed by atoms with E-state index in [2.05, 4.69) is 0 Å². The van der Waals surface area contributed by atoms with Crippen LogP contribution in [-0.4, -0.2) is 12.5 Å². The van der Waals surface area contributed by atoms with Crippen molar-refractivity contribution in [2.24, 2.45) is 5.73 Å². The minimum atomic E-state index is -0.657. The molecule has 0 radical (unpaired) electrons. The Balaban J connectivity index is 2.32. The molecule has 1 amide bonds. The second kappa shape index (κ2) is 6.43. The van der Waals surface area contributed by atoms with Gasteiger partial charge in [-0.1, -0.05) is 35.9 Å². The molecule has 0 saturated carbocycles. The first kappa shape index (κ1) is 16.8. The van der Waals surface area contributed by atoms with Crippen molar-refractivity contribution in [2.45, 2.75) is 20.8 Å². The zero-order valence-electron chi connectivity index (χ0n) is 14.4. The van der Waals surface area contributed by atoms with Crippen molar-refractivity contribution in [2.75, 3.05) is 6.61 Å². The molecular formula is C20H19NO4. The monoisotopic (exact) mass is 337 g/mol. The van der Waals surface area contributed by atoms with Crippen LogP contribution in [0.4, 0.5) is 0 Å². The van der Waals surface area contributed by atoms with E-state index in [1.807, 2.05) is 57.2 Å². The molecule has 0 unspecified atom stereocenters. The molecule has 0 spiro atoms. The fourth-order valence-electron chi connectivity index (χ4n) is 2.84. The largest absolute Gasteiger partial charge is 0.476 e. The second-order valence-corrected chi connectivity index (χ2v) is 6.17. The van der Waals surface area contributed by atoms with E-state index in [-0.39, 0.29) is 17.8 Å². The second-order valence-electron chi connectivity index (χ2n) is 6.17. The van der Waals surface area contributed by atoms with Gasteiger partial charge in [-0.25, -0.2) is 0 Å². The lowest BCUT2D eigenvalue weighted by Gasteiger charge is -2.12. The number of carbonyl (C=O) groups excluding carboxylic acids is 1. The lowest BCUT2D eigenvalue weighted by molar-refractivity contribution is -0.119. The van der Waals surface area contributed by atoms with Gasteiger partial charge < -0.3 is 14.9 Å². The first-order chi connectivity index (χ1) is 11.9. The number of hydrogen-bond donors (Lipinski definition) is 1. The van der Waals surface area contributed by atoms with Crippen LogP contribution in [0.5, 0.6) is 5.75 Å². The number of ether oxygens (including phenoxy) is 1. The predicted octanol–water partition coefficient (Wildman–Crippen LogP) is 3.25. The number of fused-ring (bicyclic) bond motifs is 1. The van der Waals surface area contributed by atoms with Crippen LogP contribution in [0.1, 0.15) is 16.7 Å². The lowest BCUT2D eigenvalue weighted by atomic mass is 10.0. The molecule has 5 heteroatoms. The SMILES string of the molecule is Cc1ccc(-c2oc3cc(C)cc(C)c3c(=O)c2OCC(N)=O)cc1. The number of rotatable bonds is 4. The molecule has 5 nitrogen and oxygen atoms in total. The zero-order valence-corrected chi connectivity index (χ0v) is 14.4. The summed E-state index contributed by atoms with van der Waals surface area (Å²) in [5.41, 5.74) is 8.91. The quantitative estimate of drug-likeness (QED) is 0.792. The molecule has 0 saturated heterocycles. The van der Waals surface area contributed by atoms with Crippen molar-refractivity contribution in [1.29, 1.82) is 0 Å². The van der Waals surface area contributed by atoms with Crippen molar-refractivity contribution >= 4 is 16.9 Å². The molecule has 0 fully saturated rings. The average Bonchev–Trinajstić information content (AvgIpc) is 2.53. The van der Waals surface area contributed by atoms with Gasteiger partial charge in [0.05, 0.1) is 5.39 Å². The van der Waals surface area contributed by atoms with Gasteiger partial charge in [0.15, 0.2) is 12.4 Å². The average molecular weight is 337 g/mol. The first-order valence-corrected chi connectivity index (χ1v) is 7.93. The van der Waals surface area contributed by atoms with E-state index in [0.717, 1.165) is 16.7 Å². The minimum Gasteiger partial charge on any atom is -0.476 e. The van der Waals surface area contributed by atoms with Gasteiger partial charge in [0.25, 0.3) is 5.91 Å². The van der Waals surface area contributed by atoms with E-state index in [1.54, 1.807) is 0 Å². The van der Waals surface area contributed by atoms with E-state index >= 15 is 0 Å². The number of hydrogen-bond acceptors (Lipinski definition) is 4. The molecule has 3 rings (SSSR count). The van der Waals surface area contributed by atoms with Gasteiger partial charge in [-0.3, -0.25) is 9.59 Å². The molecule has 25 heavy (non-hydrogen) atoms. The van der Waals surface area contributed by atoms with Gasteiger partial charge in [0.2, 0.25) is 11.2 Å². The van der Waals surface area contributed by atoms with E-state index in [9.17, 15) is 9.59 Å². The first-order valence-electron chi connectivity index (χ1n) is 7.93. The molecule has 0 atom stereocenters. The normalized spacial score (nSPS) is 10.8. The van der Waals surface area contributed by atoms with Gasteiger partial charge in [-0.15, -0.1) is 0 Å². The van der Waals surface area contributed by atoms with Crippen molar-refractivity contribution in [3.63, 3.8) is 0 Å². The van der Waals surface area contributed by atoms with Crippen LogP contribution in [0.3, 0.4) is 0 Å². The highest BCUT2D eigenvalue weighted by atomic mass is 16.5. The molecule has 128 valence electrons. The maximum atomic E-state index is 13.0. The third kappa shape index (κ3) is 3.26. The van der Waals surface area contributed by atoms with Crippen LogP contribution in [0, 0.1) is 20.8 Å². The molecule has 0 bridgehead atoms. The van der Waals surface area contributed by atoms with Crippen LogP contribution in [0.2, 0.25) is 0 Å². The highest BCUT2D eigenvalue weighted by Gasteiger charge is 2.19. The summed E-state index contributed by atoms with van der Waals surface area (Å²) < 4.78 is 11.4. The van der Waals surface area contributed by atoms with Crippen LogP contribution in [0.15, 0.2) is 45.6 Å². The maximum Gasteiger partial charge on any atom is 0.255 e. The molecule has 1 heterocycles. The molecule has 1 aromatic heterocycles. The van der Waals surface area contributed by atoms with E-state index in [1.165, 1.54) is 0 Å². The number of aryl methyl sites for hydroxylation is 3. The molecule has 0 aliphatic heterocycles. The zero-order chi connectivity index (χ0) is 18.1. The third-order valence-electron chi connectivity index (χ3n) is 3.97. The van der Waals surface area contributed by atoms with Crippen molar-refractivity contribution in [1.82, 2.24) is 0 Å². The number of benzene rings is 2. The van der Waals surface area contributed by atoms with Gasteiger partial charge in [-0.05, 0) is 38.0 Å². The number of amides is 1. The van der Waals surface area contributed by atoms with Gasteiger partial charge >= 0.3 is 0 Å². The molecular weight excluding hydrogens is 318 g/mol. The summed E-state index contributed by atoms with van der Waals surface area (Å²) in [7, 11) is 0. The highest BCUT2D eigenvalue weighted by Crippen LogP contribution is 2.32. The fraction of sp³-hybridized carbons (Fsp3) is 0.200. The smallest absolute Gasteiger partial charge is 0.255 e. The van der Waals surface area contributed by atoms with Crippen LogP contribution in [-0.2, 0) is 4.79 Å². The third-order valence-corrected chi connectivity index (χ3v) is 3.97. The number of primary amides is 1. The highest BCUT2D eigenvalue weighted by molar-refractivity contribution is 5.85.